The molecule has 2 fully saturated rings. The van der Waals surface area contributed by atoms with Gasteiger partial charge < -0.3 is 9.64 Å². The van der Waals surface area contributed by atoms with Gasteiger partial charge in [-0.3, -0.25) is 14.5 Å². The predicted molar refractivity (Wildman–Crippen MR) is 90.4 cm³/mol. The summed E-state index contributed by atoms with van der Waals surface area (Å²) in [4.78, 5) is 27.4. The highest BCUT2D eigenvalue weighted by molar-refractivity contribution is 5.81. The number of ether oxygens (including phenoxy) is 1. The molecule has 5 nitrogen and oxygen atoms in total. The first-order valence-corrected chi connectivity index (χ1v) is 9.17. The first-order valence-electron chi connectivity index (χ1n) is 9.17. The van der Waals surface area contributed by atoms with Gasteiger partial charge in [0.25, 0.3) is 0 Å². The molecule has 0 N–H and O–H groups in total. The molecule has 1 saturated carbocycles. The number of amides is 1. The summed E-state index contributed by atoms with van der Waals surface area (Å²) in [6, 6.07) is -0.505. The number of fused-ring (bicyclic) bond motifs is 1. The molecule has 0 aromatic carbocycles. The van der Waals surface area contributed by atoms with Crippen LogP contribution in [0.25, 0.3) is 0 Å². The molecule has 1 heterocycles. The number of nitrogens with zero attached hydrogens (tertiary/aromatic N) is 2. The lowest BCUT2D eigenvalue weighted by Crippen LogP contribution is -2.50. The van der Waals surface area contributed by atoms with Crippen molar-refractivity contribution in [1.29, 1.82) is 0 Å². The van der Waals surface area contributed by atoms with E-state index >= 15 is 0 Å². The van der Waals surface area contributed by atoms with Crippen LogP contribution in [0.15, 0.2) is 0 Å². The maximum absolute atomic E-state index is 12.6. The Hall–Kier alpha value is -1.31. The van der Waals surface area contributed by atoms with E-state index in [1.807, 2.05) is 0 Å². The van der Waals surface area contributed by atoms with Gasteiger partial charge in [-0.05, 0) is 46.0 Å². The number of carbonyl (C=O) groups is 2. The van der Waals surface area contributed by atoms with Gasteiger partial charge in [-0.2, -0.15) is 13.2 Å². The van der Waals surface area contributed by atoms with Crippen molar-refractivity contribution in [3.8, 4) is 0 Å². The molecule has 0 unspecified atom stereocenters. The number of carbonyl (C=O) groups excluding carboxylic acids is 2. The molecule has 26 heavy (non-hydrogen) atoms. The van der Waals surface area contributed by atoms with Crippen LogP contribution in [0.3, 0.4) is 0 Å². The third-order valence-corrected chi connectivity index (χ3v) is 5.06. The van der Waals surface area contributed by atoms with E-state index in [0.29, 0.717) is 17.2 Å². The maximum atomic E-state index is 12.6. The summed E-state index contributed by atoms with van der Waals surface area (Å²) in [6.45, 7) is 3.86. The molecule has 1 aliphatic heterocycles. The molecular formula is C18H29F3N2O3. The van der Waals surface area contributed by atoms with Crippen molar-refractivity contribution in [3.63, 3.8) is 0 Å². The van der Waals surface area contributed by atoms with E-state index in [0.717, 1.165) is 32.7 Å². The van der Waals surface area contributed by atoms with Crippen LogP contribution in [-0.2, 0) is 14.3 Å². The van der Waals surface area contributed by atoms with Gasteiger partial charge in [-0.1, -0.05) is 12.8 Å². The Morgan fingerprint density at radius 2 is 1.77 bits per heavy atom. The Bertz CT molecular complexity index is 531. The monoisotopic (exact) mass is 378 g/mol. The van der Waals surface area contributed by atoms with Crippen LogP contribution >= 0.6 is 0 Å². The summed E-state index contributed by atoms with van der Waals surface area (Å²) in [5.41, 5.74) is -0.645. The lowest BCUT2D eigenvalue weighted by molar-refractivity contribution is -0.164. The van der Waals surface area contributed by atoms with E-state index in [1.54, 1.807) is 25.7 Å². The highest BCUT2D eigenvalue weighted by Gasteiger charge is 2.47. The molecule has 8 heteroatoms. The largest absolute Gasteiger partial charge is 0.459 e. The minimum Gasteiger partial charge on any atom is -0.459 e. The zero-order valence-electron chi connectivity index (χ0n) is 15.9. The second kappa shape index (κ2) is 7.74. The molecule has 0 spiro atoms. The summed E-state index contributed by atoms with van der Waals surface area (Å²) < 4.78 is 43.2. The Morgan fingerprint density at radius 3 is 2.35 bits per heavy atom. The van der Waals surface area contributed by atoms with Crippen LogP contribution in [0.5, 0.6) is 0 Å². The molecule has 0 aromatic rings. The number of rotatable bonds is 4. The van der Waals surface area contributed by atoms with Gasteiger partial charge in [0.2, 0.25) is 5.91 Å². The Balaban J connectivity index is 2.11. The number of likely N-dealkylation sites (tertiary alicyclic amines) is 1. The van der Waals surface area contributed by atoms with Crippen molar-refractivity contribution in [3.05, 3.63) is 0 Å². The molecular weight excluding hydrogens is 349 g/mol. The average molecular weight is 378 g/mol. The van der Waals surface area contributed by atoms with E-state index in [1.165, 1.54) is 0 Å². The minimum atomic E-state index is -4.44. The molecule has 1 amide bonds. The van der Waals surface area contributed by atoms with Crippen LogP contribution < -0.4 is 0 Å². The molecule has 1 saturated heterocycles. The number of esters is 1. The van der Waals surface area contributed by atoms with Gasteiger partial charge in [0.1, 0.15) is 18.2 Å². The molecule has 1 aliphatic carbocycles. The maximum Gasteiger partial charge on any atom is 0.406 e. The Labute approximate surface area is 152 Å². The first-order chi connectivity index (χ1) is 11.9. The number of halogens is 3. The van der Waals surface area contributed by atoms with Gasteiger partial charge in [0.05, 0.1) is 6.54 Å². The van der Waals surface area contributed by atoms with Gasteiger partial charge in [0, 0.05) is 13.1 Å². The lowest BCUT2D eigenvalue weighted by atomic mass is 9.85. The van der Waals surface area contributed by atoms with Gasteiger partial charge in [-0.25, -0.2) is 0 Å². The van der Waals surface area contributed by atoms with Gasteiger partial charge in [0.15, 0.2) is 0 Å². The molecule has 0 bridgehead atoms. The molecule has 2 aliphatic rings. The third-order valence-electron chi connectivity index (χ3n) is 5.06. The number of hydrogen-bond acceptors (Lipinski definition) is 4. The van der Waals surface area contributed by atoms with Crippen molar-refractivity contribution >= 4 is 11.9 Å². The van der Waals surface area contributed by atoms with Crippen LogP contribution in [-0.4, -0.2) is 65.7 Å². The minimum absolute atomic E-state index is 0.0597. The van der Waals surface area contributed by atoms with Crippen LogP contribution in [0.1, 0.15) is 52.9 Å². The summed E-state index contributed by atoms with van der Waals surface area (Å²) in [5, 5.41) is 0. The normalized spacial score (nSPS) is 27.1. The average Bonchev–Trinajstić information content (AvgIpc) is 2.83. The van der Waals surface area contributed by atoms with E-state index in [9.17, 15) is 22.8 Å². The van der Waals surface area contributed by atoms with Gasteiger partial charge in [-0.15, -0.1) is 0 Å². The van der Waals surface area contributed by atoms with Crippen molar-refractivity contribution in [2.45, 2.75) is 76.7 Å². The standard InChI is InChI=1S/C18H29F3N2O3/c1-17(2,3)26-16(25)14-9-12-7-5-6-8-13(12)23(14)10-15(24)22(4)11-18(19,20)21/h12-14H,5-11H2,1-4H3/t12-,13+,14-/m0/s1. The summed E-state index contributed by atoms with van der Waals surface area (Å²) in [7, 11) is 1.15. The van der Waals surface area contributed by atoms with Crippen molar-refractivity contribution in [2.75, 3.05) is 20.1 Å². The summed E-state index contributed by atoms with van der Waals surface area (Å²) in [6.07, 6.45) is 0.0970. The first kappa shape index (κ1) is 21.0. The van der Waals surface area contributed by atoms with Crippen LogP contribution in [0, 0.1) is 5.92 Å². The fourth-order valence-corrected chi connectivity index (χ4v) is 4.02. The lowest BCUT2D eigenvalue weighted by Gasteiger charge is -2.34. The molecule has 150 valence electrons. The van der Waals surface area contributed by atoms with Crippen molar-refractivity contribution in [1.82, 2.24) is 9.80 Å². The molecule has 0 aromatic heterocycles. The zero-order chi connectivity index (χ0) is 19.7. The molecule has 2 rings (SSSR count). The number of alkyl halides is 3. The third kappa shape index (κ3) is 5.59. The fourth-order valence-electron chi connectivity index (χ4n) is 4.02. The SMILES string of the molecule is CN(CC(F)(F)F)C(=O)CN1[C@@H]2CCCC[C@H]2C[C@H]1C(=O)OC(C)(C)C. The highest BCUT2D eigenvalue weighted by Crippen LogP contribution is 2.40. The van der Waals surface area contributed by atoms with E-state index < -0.39 is 36.2 Å². The fraction of sp³-hybridized carbons (Fsp3) is 0.889. The highest BCUT2D eigenvalue weighted by atomic mass is 19.4. The molecule has 0 radical (unpaired) electrons. The smallest absolute Gasteiger partial charge is 0.406 e. The van der Waals surface area contributed by atoms with Crippen molar-refractivity contribution < 1.29 is 27.5 Å². The van der Waals surface area contributed by atoms with Crippen LogP contribution in [0.2, 0.25) is 0 Å². The Morgan fingerprint density at radius 1 is 1.15 bits per heavy atom. The quantitative estimate of drug-likeness (QED) is 0.706. The van der Waals surface area contributed by atoms with E-state index in [-0.39, 0.29) is 12.6 Å². The van der Waals surface area contributed by atoms with E-state index in [4.69, 9.17) is 4.74 Å². The molecule has 3 atom stereocenters. The van der Waals surface area contributed by atoms with Crippen molar-refractivity contribution in [2.24, 2.45) is 5.92 Å². The predicted octanol–water partition coefficient (Wildman–Crippen LogP) is 2.98. The topological polar surface area (TPSA) is 49.9 Å². The van der Waals surface area contributed by atoms with E-state index in [2.05, 4.69) is 0 Å². The summed E-state index contributed by atoms with van der Waals surface area (Å²) in [5.74, 6) is -0.720. The second-order valence-electron chi connectivity index (χ2n) is 8.43. The Kier molecular flexibility index (Phi) is 6.25. The van der Waals surface area contributed by atoms with Crippen LogP contribution in [0.4, 0.5) is 13.2 Å². The second-order valence-corrected chi connectivity index (χ2v) is 8.43. The number of likely N-dealkylation sites (N-methyl/N-ethyl adjacent to an activating group) is 1. The van der Waals surface area contributed by atoms with Gasteiger partial charge >= 0.3 is 12.1 Å². The zero-order valence-corrected chi connectivity index (χ0v) is 15.9. The number of hydrogen-bond donors (Lipinski definition) is 0. The summed E-state index contributed by atoms with van der Waals surface area (Å²) >= 11 is 0.